The first-order chi connectivity index (χ1) is 9.19. The quantitative estimate of drug-likeness (QED) is 0.909. The van der Waals surface area contributed by atoms with Gasteiger partial charge in [0.25, 0.3) is 0 Å². The molecule has 19 heavy (non-hydrogen) atoms. The fourth-order valence-corrected chi connectivity index (χ4v) is 3.75. The molecule has 4 heteroatoms. The first-order valence-electron chi connectivity index (χ1n) is 6.85. The second kappa shape index (κ2) is 6.62. The lowest BCUT2D eigenvalue weighted by molar-refractivity contribution is 0.380. The molecule has 0 amide bonds. The van der Waals surface area contributed by atoms with E-state index in [1.807, 2.05) is 6.07 Å². The highest BCUT2D eigenvalue weighted by molar-refractivity contribution is 7.98. The summed E-state index contributed by atoms with van der Waals surface area (Å²) in [6.45, 7) is 5.35. The first kappa shape index (κ1) is 14.7. The van der Waals surface area contributed by atoms with Crippen LogP contribution in [0.2, 0.25) is 0 Å². The SMILES string of the molecule is CCCNC1c2ccc(OC)c(F)c2CSCC1C. The molecule has 0 saturated heterocycles. The predicted molar refractivity (Wildman–Crippen MR) is 79.3 cm³/mol. The number of benzene rings is 1. The van der Waals surface area contributed by atoms with E-state index in [0.717, 1.165) is 35.6 Å². The molecule has 2 rings (SSSR count). The highest BCUT2D eigenvalue weighted by Gasteiger charge is 2.27. The van der Waals surface area contributed by atoms with E-state index in [4.69, 9.17) is 4.74 Å². The van der Waals surface area contributed by atoms with Gasteiger partial charge in [0, 0.05) is 17.4 Å². The Labute approximate surface area is 119 Å². The Kier molecular flexibility index (Phi) is 5.11. The Morgan fingerprint density at radius 3 is 2.95 bits per heavy atom. The smallest absolute Gasteiger partial charge is 0.169 e. The third-order valence-corrected chi connectivity index (χ3v) is 4.86. The van der Waals surface area contributed by atoms with E-state index in [2.05, 4.69) is 19.2 Å². The molecular weight excluding hydrogens is 261 g/mol. The summed E-state index contributed by atoms with van der Waals surface area (Å²) in [5.41, 5.74) is 1.91. The summed E-state index contributed by atoms with van der Waals surface area (Å²) in [6, 6.07) is 4.01. The molecule has 1 aromatic carbocycles. The average Bonchev–Trinajstić information content (AvgIpc) is 2.57. The zero-order valence-electron chi connectivity index (χ0n) is 11.8. The number of thioether (sulfide) groups is 1. The molecule has 0 aliphatic carbocycles. The highest BCUT2D eigenvalue weighted by Crippen LogP contribution is 2.38. The van der Waals surface area contributed by atoms with E-state index in [-0.39, 0.29) is 11.9 Å². The van der Waals surface area contributed by atoms with Crippen LogP contribution in [0.1, 0.15) is 37.4 Å². The maximum Gasteiger partial charge on any atom is 0.169 e. The molecule has 1 heterocycles. The molecule has 1 N–H and O–H groups in total. The fourth-order valence-electron chi connectivity index (χ4n) is 2.57. The second-order valence-corrected chi connectivity index (χ2v) is 6.10. The standard InChI is InChI=1S/C15H22FNOS/c1-4-7-17-15-10(2)8-19-9-12-11(15)5-6-13(18-3)14(12)16/h5-6,10,15,17H,4,7-9H2,1-3H3. The van der Waals surface area contributed by atoms with Gasteiger partial charge in [-0.25, -0.2) is 4.39 Å². The van der Waals surface area contributed by atoms with E-state index in [9.17, 15) is 4.39 Å². The number of halogens is 1. The molecule has 1 aliphatic rings. The molecule has 0 saturated carbocycles. The Morgan fingerprint density at radius 1 is 1.47 bits per heavy atom. The average molecular weight is 283 g/mol. The second-order valence-electron chi connectivity index (χ2n) is 5.07. The zero-order chi connectivity index (χ0) is 13.8. The van der Waals surface area contributed by atoms with Gasteiger partial charge in [0.1, 0.15) is 0 Å². The van der Waals surface area contributed by atoms with Crippen LogP contribution in [0.5, 0.6) is 5.75 Å². The lowest BCUT2D eigenvalue weighted by Gasteiger charge is -2.25. The molecule has 0 bridgehead atoms. The minimum atomic E-state index is -0.190. The van der Waals surface area contributed by atoms with E-state index in [0.29, 0.717) is 11.7 Å². The van der Waals surface area contributed by atoms with Crippen LogP contribution < -0.4 is 10.1 Å². The summed E-state index contributed by atoms with van der Waals surface area (Å²) < 4.78 is 19.5. The van der Waals surface area contributed by atoms with Crippen LogP contribution in [0.3, 0.4) is 0 Å². The molecule has 2 unspecified atom stereocenters. The Bertz CT molecular complexity index is 438. The van der Waals surface area contributed by atoms with Crippen LogP contribution >= 0.6 is 11.8 Å². The van der Waals surface area contributed by atoms with Crippen molar-refractivity contribution in [2.45, 2.75) is 32.1 Å². The lowest BCUT2D eigenvalue weighted by Crippen LogP contribution is -2.28. The van der Waals surface area contributed by atoms with Gasteiger partial charge in [-0.3, -0.25) is 0 Å². The summed E-state index contributed by atoms with van der Waals surface area (Å²) >= 11 is 1.80. The van der Waals surface area contributed by atoms with Crippen molar-refractivity contribution >= 4 is 11.8 Å². The van der Waals surface area contributed by atoms with Crippen LogP contribution in [0.25, 0.3) is 0 Å². The Balaban J connectivity index is 2.39. The van der Waals surface area contributed by atoms with Gasteiger partial charge in [-0.1, -0.05) is 19.9 Å². The summed E-state index contributed by atoms with van der Waals surface area (Å²) in [4.78, 5) is 0. The van der Waals surface area contributed by atoms with Crippen molar-refractivity contribution in [3.63, 3.8) is 0 Å². The molecule has 2 atom stereocenters. The topological polar surface area (TPSA) is 21.3 Å². The molecule has 0 aromatic heterocycles. The zero-order valence-corrected chi connectivity index (χ0v) is 12.6. The van der Waals surface area contributed by atoms with E-state index >= 15 is 0 Å². The summed E-state index contributed by atoms with van der Waals surface area (Å²) in [7, 11) is 1.52. The summed E-state index contributed by atoms with van der Waals surface area (Å²) in [6.07, 6.45) is 1.09. The van der Waals surface area contributed by atoms with E-state index in [1.54, 1.807) is 17.8 Å². The monoisotopic (exact) mass is 283 g/mol. The number of fused-ring (bicyclic) bond motifs is 1. The van der Waals surface area contributed by atoms with E-state index in [1.165, 1.54) is 7.11 Å². The molecule has 0 fully saturated rings. The molecular formula is C15H22FNOS. The van der Waals surface area contributed by atoms with Crippen molar-refractivity contribution in [2.24, 2.45) is 5.92 Å². The van der Waals surface area contributed by atoms with Crippen molar-refractivity contribution in [3.05, 3.63) is 29.1 Å². The number of methoxy groups -OCH3 is 1. The maximum atomic E-state index is 14.4. The Hall–Kier alpha value is -0.740. The lowest BCUT2D eigenvalue weighted by atomic mass is 9.92. The minimum Gasteiger partial charge on any atom is -0.494 e. The molecule has 1 aliphatic heterocycles. The highest BCUT2D eigenvalue weighted by atomic mass is 32.2. The summed E-state index contributed by atoms with van der Waals surface area (Å²) in [5.74, 6) is 2.45. The molecule has 0 radical (unpaired) electrons. The van der Waals surface area contributed by atoms with Gasteiger partial charge in [0.05, 0.1) is 7.11 Å². The molecule has 106 valence electrons. The van der Waals surface area contributed by atoms with Crippen molar-refractivity contribution in [1.82, 2.24) is 5.32 Å². The summed E-state index contributed by atoms with van der Waals surface area (Å²) in [5, 5.41) is 3.56. The molecule has 2 nitrogen and oxygen atoms in total. The third-order valence-electron chi connectivity index (χ3n) is 3.61. The number of hydrogen-bond acceptors (Lipinski definition) is 3. The third kappa shape index (κ3) is 3.06. The van der Waals surface area contributed by atoms with Crippen LogP contribution in [0.4, 0.5) is 4.39 Å². The van der Waals surface area contributed by atoms with E-state index < -0.39 is 0 Å². The largest absolute Gasteiger partial charge is 0.494 e. The van der Waals surface area contributed by atoms with Gasteiger partial charge in [-0.2, -0.15) is 11.8 Å². The number of ether oxygens (including phenoxy) is 1. The number of hydrogen-bond donors (Lipinski definition) is 1. The van der Waals surface area contributed by atoms with Gasteiger partial charge in [0.15, 0.2) is 11.6 Å². The normalized spacial score (nSPS) is 22.7. The van der Waals surface area contributed by atoms with Crippen molar-refractivity contribution in [3.8, 4) is 5.75 Å². The maximum absolute atomic E-state index is 14.4. The molecule has 1 aromatic rings. The van der Waals surface area contributed by atoms with Gasteiger partial charge < -0.3 is 10.1 Å². The van der Waals surface area contributed by atoms with Crippen molar-refractivity contribution in [2.75, 3.05) is 19.4 Å². The van der Waals surface area contributed by atoms with Crippen molar-refractivity contribution in [1.29, 1.82) is 0 Å². The first-order valence-corrected chi connectivity index (χ1v) is 8.00. The van der Waals surface area contributed by atoms with Crippen LogP contribution in [0.15, 0.2) is 12.1 Å². The number of rotatable bonds is 4. The van der Waals surface area contributed by atoms with Gasteiger partial charge in [-0.15, -0.1) is 0 Å². The number of nitrogens with one attached hydrogen (secondary N) is 1. The molecule has 0 spiro atoms. The van der Waals surface area contributed by atoms with Gasteiger partial charge in [-0.05, 0) is 36.3 Å². The van der Waals surface area contributed by atoms with Crippen molar-refractivity contribution < 1.29 is 9.13 Å². The van der Waals surface area contributed by atoms with Gasteiger partial charge >= 0.3 is 0 Å². The Morgan fingerprint density at radius 2 is 2.26 bits per heavy atom. The predicted octanol–water partition coefficient (Wildman–Crippen LogP) is 3.76. The van der Waals surface area contributed by atoms with Crippen LogP contribution in [0, 0.1) is 11.7 Å². The van der Waals surface area contributed by atoms with Gasteiger partial charge in [0.2, 0.25) is 0 Å². The fraction of sp³-hybridized carbons (Fsp3) is 0.600. The minimum absolute atomic E-state index is 0.190. The van der Waals surface area contributed by atoms with Crippen LogP contribution in [-0.2, 0) is 5.75 Å². The van der Waals surface area contributed by atoms with Crippen LogP contribution in [-0.4, -0.2) is 19.4 Å².